The van der Waals surface area contributed by atoms with Gasteiger partial charge in [0, 0.05) is 16.0 Å². The van der Waals surface area contributed by atoms with Crippen molar-refractivity contribution in [2.45, 2.75) is 62.5 Å². The third-order valence-corrected chi connectivity index (χ3v) is 3.85. The lowest BCUT2D eigenvalue weighted by Gasteiger charge is -2.33. The summed E-state index contributed by atoms with van der Waals surface area (Å²) in [5.41, 5.74) is 6.07. The molecular weight excluding hydrogens is 166 g/mol. The van der Waals surface area contributed by atoms with Crippen molar-refractivity contribution in [2.24, 2.45) is 5.73 Å². The van der Waals surface area contributed by atoms with Crippen LogP contribution in [0.5, 0.6) is 0 Å². The van der Waals surface area contributed by atoms with Gasteiger partial charge in [0.15, 0.2) is 0 Å². The molecular formula is C10H21NS. The molecule has 0 amide bonds. The Labute approximate surface area is 80.5 Å². The van der Waals surface area contributed by atoms with E-state index < -0.39 is 0 Å². The molecule has 72 valence electrons. The highest BCUT2D eigenvalue weighted by atomic mass is 32.2. The predicted octanol–water partition coefficient (Wildman–Crippen LogP) is 2.79. The molecule has 0 saturated heterocycles. The second-order valence-electron chi connectivity index (χ2n) is 4.72. The molecule has 1 saturated carbocycles. The minimum absolute atomic E-state index is 0.375. The van der Waals surface area contributed by atoms with E-state index in [-0.39, 0.29) is 0 Å². The van der Waals surface area contributed by atoms with Crippen LogP contribution >= 0.6 is 11.8 Å². The molecule has 1 rings (SSSR count). The van der Waals surface area contributed by atoms with Gasteiger partial charge in [-0.15, -0.1) is 0 Å². The molecule has 1 aliphatic carbocycles. The van der Waals surface area contributed by atoms with E-state index in [1.54, 1.807) is 0 Å². The van der Waals surface area contributed by atoms with Crippen molar-refractivity contribution in [3.63, 3.8) is 0 Å². The van der Waals surface area contributed by atoms with Gasteiger partial charge in [-0.3, -0.25) is 0 Å². The number of nitrogens with two attached hydrogens (primary N) is 1. The standard InChI is InChI=1S/C10H21NS/c1-10(2,3)12-9-7-5-4-6-8(9)11/h8-9H,4-7,11H2,1-3H3. The summed E-state index contributed by atoms with van der Waals surface area (Å²) >= 11 is 2.06. The second kappa shape index (κ2) is 4.01. The topological polar surface area (TPSA) is 26.0 Å². The maximum atomic E-state index is 6.07. The Morgan fingerprint density at radius 3 is 2.25 bits per heavy atom. The fraction of sp³-hybridized carbons (Fsp3) is 1.00. The molecule has 0 spiro atoms. The van der Waals surface area contributed by atoms with Crippen molar-refractivity contribution in [3.05, 3.63) is 0 Å². The Hall–Kier alpha value is 0.310. The third-order valence-electron chi connectivity index (χ3n) is 2.26. The Kier molecular flexibility index (Phi) is 3.47. The molecule has 2 heteroatoms. The molecule has 0 aliphatic heterocycles. The highest BCUT2D eigenvalue weighted by Gasteiger charge is 2.26. The molecule has 1 aliphatic rings. The molecule has 0 aromatic heterocycles. The van der Waals surface area contributed by atoms with E-state index >= 15 is 0 Å². The molecule has 0 heterocycles. The first kappa shape index (κ1) is 10.4. The lowest BCUT2D eigenvalue weighted by atomic mass is 9.96. The van der Waals surface area contributed by atoms with Crippen LogP contribution in [-0.4, -0.2) is 16.0 Å². The highest BCUT2D eigenvalue weighted by molar-refractivity contribution is 8.01. The van der Waals surface area contributed by atoms with Crippen LogP contribution < -0.4 is 5.73 Å². The first-order chi connectivity index (χ1) is 5.49. The van der Waals surface area contributed by atoms with E-state index in [0.717, 1.165) is 0 Å². The summed E-state index contributed by atoms with van der Waals surface area (Å²) in [6.07, 6.45) is 5.26. The molecule has 0 aromatic carbocycles. The fourth-order valence-electron chi connectivity index (χ4n) is 1.73. The monoisotopic (exact) mass is 187 g/mol. The first-order valence-corrected chi connectivity index (χ1v) is 5.80. The first-order valence-electron chi connectivity index (χ1n) is 4.92. The third kappa shape index (κ3) is 3.36. The molecule has 1 nitrogen and oxygen atoms in total. The van der Waals surface area contributed by atoms with Gasteiger partial charge in [-0.25, -0.2) is 0 Å². The Bertz CT molecular complexity index is 139. The molecule has 2 atom stereocenters. The Morgan fingerprint density at radius 1 is 1.17 bits per heavy atom. The highest BCUT2D eigenvalue weighted by Crippen LogP contribution is 2.35. The number of hydrogen-bond donors (Lipinski definition) is 1. The summed E-state index contributed by atoms with van der Waals surface area (Å²) in [6.45, 7) is 6.83. The van der Waals surface area contributed by atoms with Crippen LogP contribution in [0.2, 0.25) is 0 Å². The Balaban J connectivity index is 2.39. The summed E-state index contributed by atoms with van der Waals surface area (Å²) in [5, 5.41) is 0.707. The summed E-state index contributed by atoms with van der Waals surface area (Å²) < 4.78 is 0.375. The van der Waals surface area contributed by atoms with Crippen molar-refractivity contribution in [1.82, 2.24) is 0 Å². The van der Waals surface area contributed by atoms with E-state index in [1.807, 2.05) is 0 Å². The van der Waals surface area contributed by atoms with E-state index in [0.29, 0.717) is 16.0 Å². The number of rotatable bonds is 1. The van der Waals surface area contributed by atoms with Gasteiger partial charge in [-0.2, -0.15) is 11.8 Å². The van der Waals surface area contributed by atoms with Crippen molar-refractivity contribution in [1.29, 1.82) is 0 Å². The number of thioether (sulfide) groups is 1. The van der Waals surface area contributed by atoms with Gasteiger partial charge in [-0.05, 0) is 12.8 Å². The maximum absolute atomic E-state index is 6.07. The normalized spacial score (nSPS) is 32.0. The van der Waals surface area contributed by atoms with Crippen LogP contribution in [0.1, 0.15) is 46.5 Å². The van der Waals surface area contributed by atoms with Crippen LogP contribution in [-0.2, 0) is 0 Å². The minimum Gasteiger partial charge on any atom is -0.327 e. The summed E-state index contributed by atoms with van der Waals surface area (Å²) in [5.74, 6) is 0. The molecule has 0 radical (unpaired) electrons. The van der Waals surface area contributed by atoms with E-state index in [9.17, 15) is 0 Å². The van der Waals surface area contributed by atoms with E-state index in [1.165, 1.54) is 25.7 Å². The van der Waals surface area contributed by atoms with Gasteiger partial charge in [-0.1, -0.05) is 33.6 Å². The number of hydrogen-bond acceptors (Lipinski definition) is 2. The Morgan fingerprint density at radius 2 is 1.75 bits per heavy atom. The summed E-state index contributed by atoms with van der Waals surface area (Å²) in [6, 6.07) is 0.447. The SMILES string of the molecule is CC(C)(C)SC1CCCCC1N. The van der Waals surface area contributed by atoms with Gasteiger partial charge in [0.05, 0.1) is 0 Å². The molecule has 0 bridgehead atoms. The lowest BCUT2D eigenvalue weighted by molar-refractivity contribution is 0.451. The summed E-state index contributed by atoms with van der Waals surface area (Å²) in [7, 11) is 0. The van der Waals surface area contributed by atoms with Crippen LogP contribution in [0.3, 0.4) is 0 Å². The average molecular weight is 187 g/mol. The smallest absolute Gasteiger partial charge is 0.0204 e. The van der Waals surface area contributed by atoms with Crippen molar-refractivity contribution in [2.75, 3.05) is 0 Å². The van der Waals surface area contributed by atoms with Gasteiger partial charge in [0.2, 0.25) is 0 Å². The maximum Gasteiger partial charge on any atom is 0.0204 e. The zero-order valence-electron chi connectivity index (χ0n) is 8.47. The van der Waals surface area contributed by atoms with Crippen LogP contribution in [0, 0.1) is 0 Å². The molecule has 0 aromatic rings. The van der Waals surface area contributed by atoms with Crippen molar-refractivity contribution < 1.29 is 0 Å². The van der Waals surface area contributed by atoms with Crippen LogP contribution in [0.25, 0.3) is 0 Å². The molecule has 2 N–H and O–H groups in total. The average Bonchev–Trinajstić information content (AvgIpc) is 1.91. The van der Waals surface area contributed by atoms with E-state index in [4.69, 9.17) is 5.73 Å². The minimum atomic E-state index is 0.375. The quantitative estimate of drug-likeness (QED) is 0.683. The zero-order valence-corrected chi connectivity index (χ0v) is 9.29. The van der Waals surface area contributed by atoms with Crippen molar-refractivity contribution >= 4 is 11.8 Å². The largest absolute Gasteiger partial charge is 0.327 e. The van der Waals surface area contributed by atoms with Crippen molar-refractivity contribution in [3.8, 4) is 0 Å². The molecule has 2 unspecified atom stereocenters. The van der Waals surface area contributed by atoms with Gasteiger partial charge < -0.3 is 5.73 Å². The zero-order chi connectivity index (χ0) is 9.19. The molecule has 12 heavy (non-hydrogen) atoms. The van der Waals surface area contributed by atoms with Gasteiger partial charge >= 0.3 is 0 Å². The van der Waals surface area contributed by atoms with Crippen LogP contribution in [0.4, 0.5) is 0 Å². The van der Waals surface area contributed by atoms with E-state index in [2.05, 4.69) is 32.5 Å². The second-order valence-corrected chi connectivity index (χ2v) is 6.78. The predicted molar refractivity (Wildman–Crippen MR) is 57.6 cm³/mol. The lowest BCUT2D eigenvalue weighted by Crippen LogP contribution is -2.37. The van der Waals surface area contributed by atoms with Crippen LogP contribution in [0.15, 0.2) is 0 Å². The fourth-order valence-corrected chi connectivity index (χ4v) is 3.23. The van der Waals surface area contributed by atoms with Gasteiger partial charge in [0.25, 0.3) is 0 Å². The van der Waals surface area contributed by atoms with Gasteiger partial charge in [0.1, 0.15) is 0 Å². The molecule has 1 fully saturated rings. The summed E-state index contributed by atoms with van der Waals surface area (Å²) in [4.78, 5) is 0.